The Morgan fingerprint density at radius 3 is 1.50 bits per heavy atom. The van der Waals surface area contributed by atoms with Crippen molar-refractivity contribution >= 4 is 23.2 Å². The molecule has 0 heterocycles. The SMILES string of the molecule is Cc1cccc(OCC(=O)Nc2ccccc2NC(=O)COc2cccc(C)c2)c1. The zero-order valence-corrected chi connectivity index (χ0v) is 17.0. The minimum absolute atomic E-state index is 0.137. The molecular weight excluding hydrogens is 380 g/mol. The quantitative estimate of drug-likeness (QED) is 0.586. The van der Waals surface area contributed by atoms with E-state index in [0.717, 1.165) is 11.1 Å². The number of para-hydroxylation sites is 2. The minimum atomic E-state index is -0.325. The average molecular weight is 404 g/mol. The van der Waals surface area contributed by atoms with Crippen LogP contribution in [0.1, 0.15) is 11.1 Å². The molecule has 0 aromatic heterocycles. The first-order chi connectivity index (χ1) is 14.5. The second-order valence-corrected chi connectivity index (χ2v) is 6.85. The topological polar surface area (TPSA) is 76.7 Å². The average Bonchev–Trinajstić information content (AvgIpc) is 2.72. The zero-order chi connectivity index (χ0) is 21.3. The van der Waals surface area contributed by atoms with Gasteiger partial charge in [0.15, 0.2) is 13.2 Å². The molecule has 3 aromatic carbocycles. The maximum absolute atomic E-state index is 12.3. The van der Waals surface area contributed by atoms with Crippen LogP contribution >= 0.6 is 0 Å². The molecule has 0 fully saturated rings. The summed E-state index contributed by atoms with van der Waals surface area (Å²) in [5.74, 6) is 0.600. The van der Waals surface area contributed by atoms with E-state index in [9.17, 15) is 9.59 Å². The van der Waals surface area contributed by atoms with E-state index in [-0.39, 0.29) is 25.0 Å². The molecule has 2 amide bonds. The smallest absolute Gasteiger partial charge is 0.262 e. The fraction of sp³-hybridized carbons (Fsp3) is 0.167. The van der Waals surface area contributed by atoms with Crippen LogP contribution in [0.2, 0.25) is 0 Å². The zero-order valence-electron chi connectivity index (χ0n) is 17.0. The number of ether oxygens (including phenoxy) is 2. The van der Waals surface area contributed by atoms with Crippen molar-refractivity contribution in [2.45, 2.75) is 13.8 Å². The lowest BCUT2D eigenvalue weighted by atomic mass is 10.2. The molecular formula is C24H24N2O4. The Labute approximate surface area is 175 Å². The summed E-state index contributed by atoms with van der Waals surface area (Å²) >= 11 is 0. The van der Waals surface area contributed by atoms with E-state index in [1.807, 2.05) is 50.2 Å². The molecule has 0 unspecified atom stereocenters. The molecule has 0 bridgehead atoms. The molecule has 2 N–H and O–H groups in total. The maximum Gasteiger partial charge on any atom is 0.262 e. The summed E-state index contributed by atoms with van der Waals surface area (Å²) in [6.07, 6.45) is 0. The van der Waals surface area contributed by atoms with E-state index in [1.165, 1.54) is 0 Å². The monoisotopic (exact) mass is 404 g/mol. The van der Waals surface area contributed by atoms with Gasteiger partial charge in [-0.25, -0.2) is 0 Å². The number of hydrogen-bond donors (Lipinski definition) is 2. The van der Waals surface area contributed by atoms with E-state index < -0.39 is 0 Å². The van der Waals surface area contributed by atoms with Gasteiger partial charge >= 0.3 is 0 Å². The molecule has 154 valence electrons. The lowest BCUT2D eigenvalue weighted by Crippen LogP contribution is -2.23. The number of aryl methyl sites for hydroxylation is 2. The largest absolute Gasteiger partial charge is 0.484 e. The molecule has 3 aromatic rings. The maximum atomic E-state index is 12.3. The minimum Gasteiger partial charge on any atom is -0.484 e. The van der Waals surface area contributed by atoms with E-state index in [4.69, 9.17) is 9.47 Å². The van der Waals surface area contributed by atoms with Crippen LogP contribution in [0, 0.1) is 13.8 Å². The number of nitrogens with one attached hydrogen (secondary N) is 2. The summed E-state index contributed by atoms with van der Waals surface area (Å²) in [5.41, 5.74) is 3.07. The molecule has 3 rings (SSSR count). The summed E-state index contributed by atoms with van der Waals surface area (Å²) in [4.78, 5) is 24.6. The van der Waals surface area contributed by atoms with Crippen molar-refractivity contribution in [3.63, 3.8) is 0 Å². The van der Waals surface area contributed by atoms with Gasteiger partial charge in [0.25, 0.3) is 11.8 Å². The summed E-state index contributed by atoms with van der Waals surface area (Å²) in [6, 6.07) is 21.9. The first-order valence-corrected chi connectivity index (χ1v) is 9.57. The van der Waals surface area contributed by atoms with Crippen LogP contribution in [-0.4, -0.2) is 25.0 Å². The van der Waals surface area contributed by atoms with Crippen molar-refractivity contribution < 1.29 is 19.1 Å². The fourth-order valence-electron chi connectivity index (χ4n) is 2.78. The number of hydrogen-bond acceptors (Lipinski definition) is 4. The van der Waals surface area contributed by atoms with Crippen molar-refractivity contribution in [3.05, 3.63) is 83.9 Å². The van der Waals surface area contributed by atoms with Gasteiger partial charge in [-0.05, 0) is 61.4 Å². The highest BCUT2D eigenvalue weighted by Gasteiger charge is 2.11. The van der Waals surface area contributed by atoms with Gasteiger partial charge in [-0.1, -0.05) is 36.4 Å². The van der Waals surface area contributed by atoms with Gasteiger partial charge in [0, 0.05) is 0 Å². The van der Waals surface area contributed by atoms with Crippen LogP contribution < -0.4 is 20.1 Å². The van der Waals surface area contributed by atoms with Gasteiger partial charge < -0.3 is 20.1 Å². The Morgan fingerprint density at radius 2 is 1.10 bits per heavy atom. The van der Waals surface area contributed by atoms with Gasteiger partial charge in [0.05, 0.1) is 11.4 Å². The molecule has 0 aliphatic carbocycles. The third-order valence-corrected chi connectivity index (χ3v) is 4.19. The van der Waals surface area contributed by atoms with Crippen molar-refractivity contribution in [1.82, 2.24) is 0 Å². The van der Waals surface area contributed by atoms with Crippen LogP contribution in [0.3, 0.4) is 0 Å². The second-order valence-electron chi connectivity index (χ2n) is 6.85. The Morgan fingerprint density at radius 1 is 0.667 bits per heavy atom. The highest BCUT2D eigenvalue weighted by molar-refractivity contribution is 6.00. The van der Waals surface area contributed by atoms with Crippen molar-refractivity contribution in [1.29, 1.82) is 0 Å². The van der Waals surface area contributed by atoms with Crippen LogP contribution in [0.4, 0.5) is 11.4 Å². The fourth-order valence-corrected chi connectivity index (χ4v) is 2.78. The van der Waals surface area contributed by atoms with Gasteiger partial charge in [0.1, 0.15) is 11.5 Å². The molecule has 0 atom stereocenters. The van der Waals surface area contributed by atoms with Crippen molar-refractivity contribution in [3.8, 4) is 11.5 Å². The van der Waals surface area contributed by atoms with Gasteiger partial charge in [-0.15, -0.1) is 0 Å². The summed E-state index contributed by atoms with van der Waals surface area (Å²) in [5, 5.41) is 5.53. The molecule has 0 radical (unpaired) electrons. The first-order valence-electron chi connectivity index (χ1n) is 9.57. The Hall–Kier alpha value is -3.80. The molecule has 30 heavy (non-hydrogen) atoms. The number of rotatable bonds is 8. The van der Waals surface area contributed by atoms with Crippen molar-refractivity contribution in [2.75, 3.05) is 23.8 Å². The highest BCUT2D eigenvalue weighted by atomic mass is 16.5. The van der Waals surface area contributed by atoms with E-state index in [2.05, 4.69) is 10.6 Å². The number of amides is 2. The predicted octanol–water partition coefficient (Wildman–Crippen LogP) is 4.34. The highest BCUT2D eigenvalue weighted by Crippen LogP contribution is 2.21. The lowest BCUT2D eigenvalue weighted by molar-refractivity contribution is -0.119. The van der Waals surface area contributed by atoms with Crippen LogP contribution in [0.25, 0.3) is 0 Å². The Balaban J connectivity index is 1.54. The summed E-state index contributed by atoms with van der Waals surface area (Å²) < 4.78 is 11.0. The normalized spacial score (nSPS) is 10.2. The molecule has 0 aliphatic heterocycles. The third kappa shape index (κ3) is 6.38. The van der Waals surface area contributed by atoms with Gasteiger partial charge in [0.2, 0.25) is 0 Å². The molecule has 0 saturated heterocycles. The van der Waals surface area contributed by atoms with Gasteiger partial charge in [-0.2, -0.15) is 0 Å². The molecule has 0 saturated carbocycles. The number of carbonyl (C=O) groups is 2. The number of carbonyl (C=O) groups excluding carboxylic acids is 2. The van der Waals surface area contributed by atoms with Crippen LogP contribution in [-0.2, 0) is 9.59 Å². The molecule has 6 heteroatoms. The summed E-state index contributed by atoms with van der Waals surface area (Å²) in [7, 11) is 0. The predicted molar refractivity (Wildman–Crippen MR) is 117 cm³/mol. The number of anilines is 2. The van der Waals surface area contributed by atoms with Crippen LogP contribution in [0.15, 0.2) is 72.8 Å². The summed E-state index contributed by atoms with van der Waals surface area (Å²) in [6.45, 7) is 3.63. The lowest BCUT2D eigenvalue weighted by Gasteiger charge is -2.13. The molecule has 6 nitrogen and oxygen atoms in total. The first kappa shape index (κ1) is 20.9. The number of benzene rings is 3. The molecule has 0 aliphatic rings. The molecule has 0 spiro atoms. The van der Waals surface area contributed by atoms with Crippen LogP contribution in [0.5, 0.6) is 11.5 Å². The third-order valence-electron chi connectivity index (χ3n) is 4.19. The standard InChI is InChI=1S/C24H24N2O4/c1-17-7-5-9-19(13-17)29-15-23(27)25-21-11-3-4-12-22(21)26-24(28)16-30-20-10-6-8-18(2)14-20/h3-14H,15-16H2,1-2H3,(H,25,27)(H,26,28). The van der Waals surface area contributed by atoms with E-state index in [0.29, 0.717) is 22.9 Å². The Kier molecular flexibility index (Phi) is 7.05. The van der Waals surface area contributed by atoms with Crippen molar-refractivity contribution in [2.24, 2.45) is 0 Å². The van der Waals surface area contributed by atoms with Gasteiger partial charge in [-0.3, -0.25) is 9.59 Å². The van der Waals surface area contributed by atoms with E-state index >= 15 is 0 Å². The second kappa shape index (κ2) is 10.1. The Bertz CT molecular complexity index is 950. The van der Waals surface area contributed by atoms with E-state index in [1.54, 1.807) is 36.4 Å².